The monoisotopic (exact) mass is 394 g/mol. The summed E-state index contributed by atoms with van der Waals surface area (Å²) in [6.07, 6.45) is 8.88. The van der Waals surface area contributed by atoms with Crippen molar-refractivity contribution < 1.29 is 4.39 Å². The fourth-order valence-electron chi connectivity index (χ4n) is 3.23. The maximum Gasteiger partial charge on any atom is 0.188 e. The van der Waals surface area contributed by atoms with Gasteiger partial charge in [-0.2, -0.15) is 0 Å². The molecule has 3 rings (SSSR count). The quantitative estimate of drug-likeness (QED) is 0.279. The molecule has 0 bridgehead atoms. The highest BCUT2D eigenvalue weighted by molar-refractivity contribution is 5.77. The Bertz CT molecular complexity index is 862. The number of aryl methyl sites for hydroxylation is 1. The van der Waals surface area contributed by atoms with Gasteiger partial charge in [-0.1, -0.05) is 18.2 Å². The molecule has 0 aliphatic heterocycles. The summed E-state index contributed by atoms with van der Waals surface area (Å²) in [5, 5.41) is 3.17. The highest BCUT2D eigenvalue weighted by atomic mass is 19.1. The average molecular weight is 394 g/mol. The van der Waals surface area contributed by atoms with E-state index >= 15 is 0 Å². The summed E-state index contributed by atoms with van der Waals surface area (Å²) in [7, 11) is 0. The number of hydrogen-bond donors (Lipinski definition) is 3. The number of rotatable bonds is 10. The summed E-state index contributed by atoms with van der Waals surface area (Å²) < 4.78 is 13.3. The van der Waals surface area contributed by atoms with E-state index in [1.807, 2.05) is 36.5 Å². The van der Waals surface area contributed by atoms with Crippen LogP contribution in [0.4, 0.5) is 4.39 Å². The van der Waals surface area contributed by atoms with Crippen molar-refractivity contribution in [2.24, 2.45) is 10.7 Å². The summed E-state index contributed by atoms with van der Waals surface area (Å²) in [6.45, 7) is 1.39. The van der Waals surface area contributed by atoms with Gasteiger partial charge in [-0.25, -0.2) is 9.37 Å². The first-order chi connectivity index (χ1) is 14.2. The van der Waals surface area contributed by atoms with Gasteiger partial charge in [0.05, 0.1) is 6.33 Å². The first kappa shape index (κ1) is 20.5. The number of hydrogen-bond acceptors (Lipinski definition) is 3. The Morgan fingerprint density at radius 2 is 2.03 bits per heavy atom. The molecule has 0 amide bonds. The predicted molar refractivity (Wildman–Crippen MR) is 113 cm³/mol. The molecule has 7 heteroatoms. The molecule has 0 spiro atoms. The van der Waals surface area contributed by atoms with Crippen molar-refractivity contribution in [3.63, 3.8) is 0 Å². The molecule has 29 heavy (non-hydrogen) atoms. The number of nitrogens with two attached hydrogens (primary N) is 1. The minimum atomic E-state index is -0.230. The van der Waals surface area contributed by atoms with Crippen molar-refractivity contribution in [3.05, 3.63) is 84.0 Å². The van der Waals surface area contributed by atoms with E-state index in [2.05, 4.69) is 25.3 Å². The number of aliphatic imine (C=N–C) groups is 1. The van der Waals surface area contributed by atoms with Crippen molar-refractivity contribution in [1.82, 2.24) is 20.3 Å². The lowest BCUT2D eigenvalue weighted by molar-refractivity contribution is 0.617. The standard InChI is InChI=1S/C22H27FN6/c23-18-10-8-17(9-11-18)20(21-7-1-2-12-26-21)6-4-14-28-22(24)27-13-3-5-19-15-25-16-29-19/h1-2,7-12,15-16,20H,3-6,13-14H2,(H,25,29)(H3,24,27,28). The highest BCUT2D eigenvalue weighted by Gasteiger charge is 2.15. The van der Waals surface area contributed by atoms with Crippen LogP contribution in [0, 0.1) is 5.82 Å². The molecule has 0 aliphatic rings. The molecule has 152 valence electrons. The lowest BCUT2D eigenvalue weighted by Crippen LogP contribution is -2.32. The van der Waals surface area contributed by atoms with Crippen molar-refractivity contribution in [3.8, 4) is 0 Å². The summed E-state index contributed by atoms with van der Waals surface area (Å²) in [5.41, 5.74) is 9.10. The van der Waals surface area contributed by atoms with Crippen LogP contribution >= 0.6 is 0 Å². The minimum Gasteiger partial charge on any atom is -0.370 e. The molecule has 0 saturated carbocycles. The van der Waals surface area contributed by atoms with Gasteiger partial charge < -0.3 is 16.0 Å². The number of benzene rings is 1. The van der Waals surface area contributed by atoms with E-state index in [0.29, 0.717) is 12.5 Å². The largest absolute Gasteiger partial charge is 0.370 e. The summed E-state index contributed by atoms with van der Waals surface area (Å²) >= 11 is 0. The van der Waals surface area contributed by atoms with Gasteiger partial charge in [-0.15, -0.1) is 0 Å². The number of guanidine groups is 1. The molecule has 3 aromatic rings. The van der Waals surface area contributed by atoms with E-state index in [0.717, 1.165) is 49.2 Å². The minimum absolute atomic E-state index is 0.117. The van der Waals surface area contributed by atoms with E-state index in [9.17, 15) is 4.39 Å². The van der Waals surface area contributed by atoms with E-state index in [4.69, 9.17) is 5.73 Å². The van der Waals surface area contributed by atoms with Crippen LogP contribution in [-0.2, 0) is 6.42 Å². The van der Waals surface area contributed by atoms with Crippen LogP contribution in [0.1, 0.15) is 42.1 Å². The Hall–Kier alpha value is -3.22. The van der Waals surface area contributed by atoms with Gasteiger partial charge in [-0.3, -0.25) is 9.98 Å². The molecule has 1 unspecified atom stereocenters. The van der Waals surface area contributed by atoms with Crippen LogP contribution in [0.3, 0.4) is 0 Å². The van der Waals surface area contributed by atoms with E-state index in [-0.39, 0.29) is 11.7 Å². The van der Waals surface area contributed by atoms with Gasteiger partial charge in [0.1, 0.15) is 5.82 Å². The van der Waals surface area contributed by atoms with Crippen LogP contribution in [0.15, 0.2) is 66.2 Å². The summed E-state index contributed by atoms with van der Waals surface area (Å²) in [4.78, 5) is 15.9. The second-order valence-electron chi connectivity index (χ2n) is 6.88. The lowest BCUT2D eigenvalue weighted by atomic mass is 9.90. The molecule has 0 saturated heterocycles. The van der Waals surface area contributed by atoms with E-state index in [1.54, 1.807) is 12.5 Å². The van der Waals surface area contributed by atoms with Gasteiger partial charge in [0, 0.05) is 42.8 Å². The Morgan fingerprint density at radius 1 is 1.17 bits per heavy atom. The van der Waals surface area contributed by atoms with E-state index < -0.39 is 0 Å². The van der Waals surface area contributed by atoms with Gasteiger partial charge >= 0.3 is 0 Å². The normalized spacial score (nSPS) is 12.7. The first-order valence-electron chi connectivity index (χ1n) is 9.90. The molecular formula is C22H27FN6. The molecule has 1 aromatic carbocycles. The molecule has 1 atom stereocenters. The molecule has 0 aliphatic carbocycles. The molecule has 2 heterocycles. The van der Waals surface area contributed by atoms with Crippen LogP contribution in [0.5, 0.6) is 0 Å². The van der Waals surface area contributed by atoms with Crippen molar-refractivity contribution in [2.45, 2.75) is 31.6 Å². The number of imidazole rings is 1. The Morgan fingerprint density at radius 3 is 2.76 bits per heavy atom. The number of aromatic amines is 1. The fourth-order valence-corrected chi connectivity index (χ4v) is 3.23. The SMILES string of the molecule is NC(=NCCCc1cnc[nH]1)NCCCC(c1ccc(F)cc1)c1ccccn1. The first-order valence-corrected chi connectivity index (χ1v) is 9.90. The third-order valence-electron chi connectivity index (χ3n) is 4.73. The second-order valence-corrected chi connectivity index (χ2v) is 6.88. The van der Waals surface area contributed by atoms with Gasteiger partial charge in [0.15, 0.2) is 5.96 Å². The van der Waals surface area contributed by atoms with Gasteiger partial charge in [-0.05, 0) is 55.5 Å². The Balaban J connectivity index is 1.45. The predicted octanol–water partition coefficient (Wildman–Crippen LogP) is 3.39. The van der Waals surface area contributed by atoms with Crippen molar-refractivity contribution in [1.29, 1.82) is 0 Å². The smallest absolute Gasteiger partial charge is 0.188 e. The zero-order valence-electron chi connectivity index (χ0n) is 16.4. The van der Waals surface area contributed by atoms with Crippen LogP contribution in [0.25, 0.3) is 0 Å². The molecule has 0 fully saturated rings. The number of H-pyrrole nitrogens is 1. The van der Waals surface area contributed by atoms with Gasteiger partial charge in [0.2, 0.25) is 0 Å². The molecular weight excluding hydrogens is 367 g/mol. The zero-order chi connectivity index (χ0) is 20.3. The lowest BCUT2D eigenvalue weighted by Gasteiger charge is -2.17. The number of nitrogens with zero attached hydrogens (tertiary/aromatic N) is 3. The average Bonchev–Trinajstić information content (AvgIpc) is 3.26. The number of nitrogens with one attached hydrogen (secondary N) is 2. The zero-order valence-corrected chi connectivity index (χ0v) is 16.4. The van der Waals surface area contributed by atoms with Crippen molar-refractivity contribution >= 4 is 5.96 Å². The highest BCUT2D eigenvalue weighted by Crippen LogP contribution is 2.27. The second kappa shape index (κ2) is 10.9. The topological polar surface area (TPSA) is 92.0 Å². The molecule has 6 nitrogen and oxygen atoms in total. The number of aromatic nitrogens is 3. The Labute approximate surface area is 170 Å². The molecule has 0 radical (unpaired) electrons. The van der Waals surface area contributed by atoms with Crippen molar-refractivity contribution in [2.75, 3.05) is 13.1 Å². The maximum atomic E-state index is 13.3. The van der Waals surface area contributed by atoms with Gasteiger partial charge in [0.25, 0.3) is 0 Å². The van der Waals surface area contributed by atoms with Crippen LogP contribution in [-0.4, -0.2) is 34.0 Å². The fraction of sp³-hybridized carbons (Fsp3) is 0.318. The number of pyridine rings is 1. The summed E-state index contributed by atoms with van der Waals surface area (Å²) in [5.74, 6) is 0.351. The third kappa shape index (κ3) is 6.71. The molecule has 4 N–H and O–H groups in total. The van der Waals surface area contributed by atoms with Crippen LogP contribution in [0.2, 0.25) is 0 Å². The van der Waals surface area contributed by atoms with Crippen LogP contribution < -0.4 is 11.1 Å². The Kier molecular flexibility index (Phi) is 7.74. The number of halogens is 1. The third-order valence-corrected chi connectivity index (χ3v) is 4.73. The molecule has 2 aromatic heterocycles. The van der Waals surface area contributed by atoms with E-state index in [1.165, 1.54) is 12.1 Å². The summed E-state index contributed by atoms with van der Waals surface area (Å²) in [6, 6.07) is 12.5. The maximum absolute atomic E-state index is 13.3.